The molecule has 1 saturated carbocycles. The van der Waals surface area contributed by atoms with Crippen molar-refractivity contribution in [3.8, 4) is 0 Å². The Kier molecular flexibility index (Phi) is 3.13. The Balaban J connectivity index is 2.10. The lowest BCUT2D eigenvalue weighted by Gasteiger charge is -2.29. The molecule has 1 aliphatic carbocycles. The average molecular weight is 273 g/mol. The molecule has 20 heavy (non-hydrogen) atoms. The molecule has 4 nitrogen and oxygen atoms in total. The van der Waals surface area contributed by atoms with Crippen molar-refractivity contribution in [3.05, 3.63) is 29.8 Å². The second kappa shape index (κ2) is 4.70. The van der Waals surface area contributed by atoms with Crippen LogP contribution in [-0.2, 0) is 15.2 Å². The van der Waals surface area contributed by atoms with Gasteiger partial charge in [0.1, 0.15) is 5.78 Å². The molecule has 0 radical (unpaired) electrons. The molecular weight excluding hydrogens is 254 g/mol. The maximum absolute atomic E-state index is 12.6. The maximum atomic E-state index is 12.6. The van der Waals surface area contributed by atoms with E-state index in [-0.39, 0.29) is 11.7 Å². The molecule has 1 aliphatic heterocycles. The van der Waals surface area contributed by atoms with Crippen LogP contribution >= 0.6 is 0 Å². The number of nitrogens with zero attached hydrogens (tertiary/aromatic N) is 1. The molecule has 4 heteroatoms. The predicted molar refractivity (Wildman–Crippen MR) is 75.3 cm³/mol. The summed E-state index contributed by atoms with van der Waals surface area (Å²) >= 11 is 0. The topological polar surface area (TPSA) is 57.6 Å². The van der Waals surface area contributed by atoms with Gasteiger partial charge in [0, 0.05) is 19.0 Å². The van der Waals surface area contributed by atoms with Crippen molar-refractivity contribution in [1.29, 1.82) is 0 Å². The first-order chi connectivity index (χ1) is 9.56. The molecule has 0 aromatic heterocycles. The summed E-state index contributed by atoms with van der Waals surface area (Å²) in [7, 11) is 1.65. The molecule has 2 atom stereocenters. The summed E-state index contributed by atoms with van der Waals surface area (Å²) in [6.07, 6.45) is 3.79. The Hall–Kier alpha value is -1.68. The van der Waals surface area contributed by atoms with Crippen molar-refractivity contribution in [2.24, 2.45) is 5.92 Å². The van der Waals surface area contributed by atoms with Crippen molar-refractivity contribution < 1.29 is 14.7 Å². The number of fused-ring (bicyclic) bond motifs is 1. The van der Waals surface area contributed by atoms with Gasteiger partial charge in [-0.15, -0.1) is 0 Å². The first-order valence-electron chi connectivity index (χ1n) is 7.19. The summed E-state index contributed by atoms with van der Waals surface area (Å²) in [6.45, 7) is 0. The number of aliphatic hydroxyl groups is 1. The highest BCUT2D eigenvalue weighted by atomic mass is 16.3. The van der Waals surface area contributed by atoms with E-state index in [2.05, 4.69) is 0 Å². The summed E-state index contributed by atoms with van der Waals surface area (Å²) in [5.41, 5.74) is -0.392. The Morgan fingerprint density at radius 3 is 2.75 bits per heavy atom. The molecule has 1 heterocycles. The van der Waals surface area contributed by atoms with E-state index in [1.165, 1.54) is 4.90 Å². The van der Waals surface area contributed by atoms with Gasteiger partial charge < -0.3 is 10.0 Å². The molecular formula is C16H19NO3. The molecule has 1 N–H and O–H groups in total. The van der Waals surface area contributed by atoms with Crippen LogP contribution in [0.15, 0.2) is 24.3 Å². The fraction of sp³-hybridized carbons (Fsp3) is 0.500. The number of para-hydroxylation sites is 1. The Labute approximate surface area is 118 Å². The Bertz CT molecular complexity index is 569. The fourth-order valence-electron chi connectivity index (χ4n) is 3.51. The van der Waals surface area contributed by atoms with Gasteiger partial charge in [-0.05, 0) is 18.9 Å². The molecule has 2 aliphatic rings. The fourth-order valence-corrected chi connectivity index (χ4v) is 3.51. The number of benzene rings is 1. The molecule has 1 amide bonds. The number of hydrogen-bond acceptors (Lipinski definition) is 3. The van der Waals surface area contributed by atoms with Crippen molar-refractivity contribution in [3.63, 3.8) is 0 Å². The van der Waals surface area contributed by atoms with Crippen molar-refractivity contribution in [1.82, 2.24) is 0 Å². The molecule has 0 bridgehead atoms. The van der Waals surface area contributed by atoms with Gasteiger partial charge in [0.25, 0.3) is 5.91 Å². The number of carbonyl (C=O) groups excluding carboxylic acids is 2. The minimum absolute atomic E-state index is 0.0171. The van der Waals surface area contributed by atoms with Crippen molar-refractivity contribution >= 4 is 17.4 Å². The summed E-state index contributed by atoms with van der Waals surface area (Å²) < 4.78 is 0. The smallest absolute Gasteiger partial charge is 0.264 e. The van der Waals surface area contributed by atoms with E-state index in [0.29, 0.717) is 24.1 Å². The SMILES string of the molecule is CN1C(=O)[C@](O)([C@@H]2CCCCCC2=O)c2ccccc21. The largest absolute Gasteiger partial charge is 0.375 e. The van der Waals surface area contributed by atoms with Crippen molar-refractivity contribution in [2.75, 3.05) is 11.9 Å². The van der Waals surface area contributed by atoms with Crippen LogP contribution in [-0.4, -0.2) is 23.8 Å². The monoisotopic (exact) mass is 273 g/mol. The minimum Gasteiger partial charge on any atom is -0.375 e. The molecule has 106 valence electrons. The van der Waals surface area contributed by atoms with E-state index in [1.54, 1.807) is 19.2 Å². The maximum Gasteiger partial charge on any atom is 0.264 e. The van der Waals surface area contributed by atoms with Gasteiger partial charge in [0.2, 0.25) is 0 Å². The lowest BCUT2D eigenvalue weighted by molar-refractivity contribution is -0.150. The zero-order chi connectivity index (χ0) is 14.3. The van der Waals surface area contributed by atoms with Crippen LogP contribution in [0.1, 0.15) is 37.7 Å². The molecule has 0 unspecified atom stereocenters. The van der Waals surface area contributed by atoms with E-state index in [9.17, 15) is 14.7 Å². The lowest BCUT2D eigenvalue weighted by Crippen LogP contribution is -2.47. The summed E-state index contributed by atoms with van der Waals surface area (Å²) in [6, 6.07) is 7.21. The molecule has 1 fully saturated rings. The zero-order valence-corrected chi connectivity index (χ0v) is 11.6. The van der Waals surface area contributed by atoms with E-state index in [0.717, 1.165) is 19.3 Å². The third-order valence-electron chi connectivity index (χ3n) is 4.62. The van der Waals surface area contributed by atoms with E-state index in [1.807, 2.05) is 12.1 Å². The second-order valence-corrected chi connectivity index (χ2v) is 5.77. The van der Waals surface area contributed by atoms with Crippen LogP contribution in [0.4, 0.5) is 5.69 Å². The third-order valence-corrected chi connectivity index (χ3v) is 4.62. The highest BCUT2D eigenvalue weighted by Crippen LogP contribution is 2.46. The first-order valence-corrected chi connectivity index (χ1v) is 7.19. The first kappa shape index (κ1) is 13.3. The Morgan fingerprint density at radius 1 is 1.20 bits per heavy atom. The molecule has 1 aromatic rings. The number of likely N-dealkylation sites (N-methyl/N-ethyl adjacent to an activating group) is 1. The second-order valence-electron chi connectivity index (χ2n) is 5.77. The van der Waals surface area contributed by atoms with Crippen LogP contribution in [0.25, 0.3) is 0 Å². The van der Waals surface area contributed by atoms with E-state index >= 15 is 0 Å². The van der Waals surface area contributed by atoms with Crippen LogP contribution in [0, 0.1) is 5.92 Å². The molecule has 0 spiro atoms. The normalized spacial score (nSPS) is 30.3. The van der Waals surface area contributed by atoms with Crippen LogP contribution in [0.5, 0.6) is 0 Å². The van der Waals surface area contributed by atoms with Gasteiger partial charge in [-0.3, -0.25) is 9.59 Å². The lowest BCUT2D eigenvalue weighted by atomic mass is 9.77. The number of amides is 1. The van der Waals surface area contributed by atoms with E-state index in [4.69, 9.17) is 0 Å². The number of ketones is 1. The quantitative estimate of drug-likeness (QED) is 0.796. The van der Waals surface area contributed by atoms with Gasteiger partial charge in [0.15, 0.2) is 5.60 Å². The van der Waals surface area contributed by atoms with Gasteiger partial charge in [-0.1, -0.05) is 31.0 Å². The number of Topliss-reactive ketones (excluding diaryl/α,β-unsaturated/α-hetero) is 1. The molecule has 0 saturated heterocycles. The predicted octanol–water partition coefficient (Wildman–Crippen LogP) is 2.00. The summed E-state index contributed by atoms with van der Waals surface area (Å²) in [4.78, 5) is 26.4. The van der Waals surface area contributed by atoms with Crippen molar-refractivity contribution in [2.45, 2.75) is 37.7 Å². The minimum atomic E-state index is -1.67. The highest BCUT2D eigenvalue weighted by molar-refractivity contribution is 6.09. The number of rotatable bonds is 1. The summed E-state index contributed by atoms with van der Waals surface area (Å²) in [5, 5.41) is 11.1. The number of anilines is 1. The zero-order valence-electron chi connectivity index (χ0n) is 11.6. The van der Waals surface area contributed by atoms with Gasteiger partial charge >= 0.3 is 0 Å². The molecule has 3 rings (SSSR count). The number of carbonyl (C=O) groups is 2. The Morgan fingerprint density at radius 2 is 1.95 bits per heavy atom. The standard InChI is InChI=1S/C16H19NO3/c1-17-13-9-6-5-7-11(13)16(20,15(17)19)12-8-3-2-4-10-14(12)18/h5-7,9,12,20H,2-4,8,10H2,1H3/t12-,16-/m1/s1. The average Bonchev–Trinajstić information content (AvgIpc) is 2.64. The van der Waals surface area contributed by atoms with Crippen LogP contribution < -0.4 is 4.90 Å². The summed E-state index contributed by atoms with van der Waals surface area (Å²) in [5.74, 6) is -0.967. The van der Waals surface area contributed by atoms with Crippen LogP contribution in [0.3, 0.4) is 0 Å². The number of hydrogen-bond donors (Lipinski definition) is 1. The van der Waals surface area contributed by atoms with E-state index < -0.39 is 11.5 Å². The van der Waals surface area contributed by atoms with Gasteiger partial charge in [-0.25, -0.2) is 0 Å². The molecule has 1 aromatic carbocycles. The van der Waals surface area contributed by atoms with Gasteiger partial charge in [-0.2, -0.15) is 0 Å². The third kappa shape index (κ3) is 1.71. The highest BCUT2D eigenvalue weighted by Gasteiger charge is 2.55. The van der Waals surface area contributed by atoms with Gasteiger partial charge in [0.05, 0.1) is 11.6 Å². The van der Waals surface area contributed by atoms with Crippen LogP contribution in [0.2, 0.25) is 0 Å².